The molecule has 1 amide bonds. The smallest absolute Gasteiger partial charge is 0.253 e. The molecule has 6 heteroatoms. The van der Waals surface area contributed by atoms with Crippen molar-refractivity contribution in [2.75, 3.05) is 6.54 Å². The molecule has 2 aromatic carbocycles. The van der Waals surface area contributed by atoms with Crippen LogP contribution in [0.15, 0.2) is 58.0 Å². The van der Waals surface area contributed by atoms with E-state index in [0.29, 0.717) is 0 Å². The van der Waals surface area contributed by atoms with Crippen LogP contribution in [-0.4, -0.2) is 23.2 Å². The number of amides is 1. The van der Waals surface area contributed by atoms with Gasteiger partial charge >= 0.3 is 0 Å². The molecule has 0 unspecified atom stereocenters. The van der Waals surface area contributed by atoms with E-state index in [0.717, 1.165) is 27.1 Å². The number of rotatable bonds is 3. The summed E-state index contributed by atoms with van der Waals surface area (Å²) in [6.07, 6.45) is 0. The SMILES string of the molecule is CC1=Nc2ccc(Br)cc2[C@H](c2ccccc2)N1CC(=O)NN. The van der Waals surface area contributed by atoms with Crippen LogP contribution in [0.25, 0.3) is 0 Å². The zero-order chi connectivity index (χ0) is 16.4. The molecule has 1 heterocycles. The van der Waals surface area contributed by atoms with Gasteiger partial charge in [0.15, 0.2) is 0 Å². The van der Waals surface area contributed by atoms with Gasteiger partial charge in [0.2, 0.25) is 0 Å². The van der Waals surface area contributed by atoms with E-state index in [1.54, 1.807) is 0 Å². The van der Waals surface area contributed by atoms with Crippen LogP contribution in [0.3, 0.4) is 0 Å². The first-order valence-electron chi connectivity index (χ1n) is 7.26. The van der Waals surface area contributed by atoms with Crippen molar-refractivity contribution < 1.29 is 4.79 Å². The lowest BCUT2D eigenvalue weighted by Crippen LogP contribution is -2.45. The normalized spacial score (nSPS) is 16.6. The Bertz CT molecular complexity index is 760. The Balaban J connectivity index is 2.13. The number of carbonyl (C=O) groups is 1. The van der Waals surface area contributed by atoms with Crippen LogP contribution < -0.4 is 11.3 Å². The minimum absolute atomic E-state index is 0.0847. The minimum atomic E-state index is -0.251. The van der Waals surface area contributed by atoms with Gasteiger partial charge in [0, 0.05) is 10.0 Å². The topological polar surface area (TPSA) is 70.7 Å². The number of nitrogens with zero attached hydrogens (tertiary/aromatic N) is 2. The van der Waals surface area contributed by atoms with Crippen LogP contribution in [-0.2, 0) is 4.79 Å². The molecule has 0 spiro atoms. The number of hydrogen-bond acceptors (Lipinski definition) is 4. The second-order valence-corrected chi connectivity index (χ2v) is 6.29. The fraction of sp³-hybridized carbons (Fsp3) is 0.176. The lowest BCUT2D eigenvalue weighted by atomic mass is 9.94. The molecule has 1 aliphatic rings. The van der Waals surface area contributed by atoms with E-state index in [1.807, 2.05) is 42.2 Å². The van der Waals surface area contributed by atoms with Crippen molar-refractivity contribution in [1.82, 2.24) is 10.3 Å². The molecule has 0 bridgehead atoms. The van der Waals surface area contributed by atoms with E-state index in [9.17, 15) is 4.79 Å². The van der Waals surface area contributed by atoms with Gasteiger partial charge in [-0.3, -0.25) is 10.2 Å². The van der Waals surface area contributed by atoms with Crippen molar-refractivity contribution in [2.24, 2.45) is 10.8 Å². The molecule has 5 nitrogen and oxygen atoms in total. The standard InChI is InChI=1S/C17H17BrN4O/c1-11-20-15-8-7-13(18)9-14(15)17(12-5-3-2-4-6-12)22(11)10-16(23)21-19/h2-9,17H,10,19H2,1H3,(H,21,23)/t17-/m0/s1. The third kappa shape index (κ3) is 3.13. The van der Waals surface area contributed by atoms with Crippen LogP contribution in [0.2, 0.25) is 0 Å². The lowest BCUT2D eigenvalue weighted by molar-refractivity contribution is -0.121. The Labute approximate surface area is 143 Å². The molecule has 118 valence electrons. The highest BCUT2D eigenvalue weighted by atomic mass is 79.9. The van der Waals surface area contributed by atoms with E-state index in [2.05, 4.69) is 44.5 Å². The largest absolute Gasteiger partial charge is 0.340 e. The van der Waals surface area contributed by atoms with Crippen LogP contribution in [0.5, 0.6) is 0 Å². The Hall–Kier alpha value is -2.18. The average molecular weight is 373 g/mol. The maximum Gasteiger partial charge on any atom is 0.253 e. The number of hydrazine groups is 1. The summed E-state index contributed by atoms with van der Waals surface area (Å²) in [7, 11) is 0. The number of benzene rings is 2. The first-order chi connectivity index (χ1) is 11.1. The molecule has 2 aromatic rings. The Kier molecular flexibility index (Phi) is 4.45. The van der Waals surface area contributed by atoms with Crippen LogP contribution in [0.1, 0.15) is 24.1 Å². The fourth-order valence-corrected chi connectivity index (χ4v) is 3.22. The van der Waals surface area contributed by atoms with Gasteiger partial charge in [-0.05, 0) is 30.7 Å². The lowest BCUT2D eigenvalue weighted by Gasteiger charge is -2.37. The third-order valence-electron chi connectivity index (χ3n) is 3.88. The minimum Gasteiger partial charge on any atom is -0.340 e. The number of fused-ring (bicyclic) bond motifs is 1. The molecule has 3 N–H and O–H groups in total. The van der Waals surface area contributed by atoms with Gasteiger partial charge in [-0.1, -0.05) is 46.3 Å². The quantitative estimate of drug-likeness (QED) is 0.494. The Morgan fingerprint density at radius 3 is 2.74 bits per heavy atom. The number of hydrogen-bond donors (Lipinski definition) is 2. The van der Waals surface area contributed by atoms with Gasteiger partial charge in [0.05, 0.1) is 11.7 Å². The predicted molar refractivity (Wildman–Crippen MR) is 94.2 cm³/mol. The predicted octanol–water partition coefficient (Wildman–Crippen LogP) is 2.89. The summed E-state index contributed by atoms with van der Waals surface area (Å²) < 4.78 is 0.982. The summed E-state index contributed by atoms with van der Waals surface area (Å²) in [5.41, 5.74) is 5.27. The zero-order valence-electron chi connectivity index (χ0n) is 12.7. The summed E-state index contributed by atoms with van der Waals surface area (Å²) in [6.45, 7) is 2.06. The van der Waals surface area contributed by atoms with Gasteiger partial charge < -0.3 is 4.90 Å². The molecule has 0 fully saturated rings. The van der Waals surface area contributed by atoms with E-state index < -0.39 is 0 Å². The number of carbonyl (C=O) groups excluding carboxylic acids is 1. The summed E-state index contributed by atoms with van der Waals surface area (Å²) in [5.74, 6) is 5.80. The number of nitrogens with two attached hydrogens (primary N) is 1. The number of nitrogens with one attached hydrogen (secondary N) is 1. The molecule has 1 aliphatic heterocycles. The van der Waals surface area contributed by atoms with Crippen molar-refractivity contribution in [2.45, 2.75) is 13.0 Å². The monoisotopic (exact) mass is 372 g/mol. The molecule has 0 aliphatic carbocycles. The summed E-state index contributed by atoms with van der Waals surface area (Å²) in [6, 6.07) is 16.0. The van der Waals surface area contributed by atoms with Crippen LogP contribution in [0.4, 0.5) is 5.69 Å². The number of amidine groups is 1. The molecule has 0 saturated heterocycles. The van der Waals surface area contributed by atoms with Crippen LogP contribution in [0, 0.1) is 0 Å². The highest BCUT2D eigenvalue weighted by molar-refractivity contribution is 9.10. The maximum absolute atomic E-state index is 11.8. The van der Waals surface area contributed by atoms with Crippen molar-refractivity contribution in [3.05, 3.63) is 64.1 Å². The maximum atomic E-state index is 11.8. The molecule has 0 radical (unpaired) electrons. The average Bonchev–Trinajstić information content (AvgIpc) is 2.56. The van der Waals surface area contributed by atoms with Gasteiger partial charge in [-0.25, -0.2) is 10.8 Å². The van der Waals surface area contributed by atoms with E-state index in [-0.39, 0.29) is 18.5 Å². The number of aliphatic imine (C=N–C) groups is 1. The number of halogens is 1. The van der Waals surface area contributed by atoms with E-state index in [1.165, 1.54) is 0 Å². The molecule has 3 rings (SSSR count). The third-order valence-corrected chi connectivity index (χ3v) is 4.38. The molecular weight excluding hydrogens is 356 g/mol. The van der Waals surface area contributed by atoms with Gasteiger partial charge in [0.1, 0.15) is 12.4 Å². The van der Waals surface area contributed by atoms with Crippen LogP contribution >= 0.6 is 15.9 Å². The molecule has 1 atom stereocenters. The highest BCUT2D eigenvalue weighted by Crippen LogP contribution is 2.40. The molecular formula is C17H17BrN4O. The second kappa shape index (κ2) is 6.52. The van der Waals surface area contributed by atoms with Crippen molar-refractivity contribution in [1.29, 1.82) is 0 Å². The van der Waals surface area contributed by atoms with E-state index >= 15 is 0 Å². The zero-order valence-corrected chi connectivity index (χ0v) is 14.2. The van der Waals surface area contributed by atoms with E-state index in [4.69, 9.17) is 5.84 Å². The summed E-state index contributed by atoms with van der Waals surface area (Å²) in [5, 5.41) is 0. The summed E-state index contributed by atoms with van der Waals surface area (Å²) in [4.78, 5) is 18.4. The molecule has 0 aromatic heterocycles. The Morgan fingerprint density at radius 2 is 2.04 bits per heavy atom. The Morgan fingerprint density at radius 1 is 1.30 bits per heavy atom. The first-order valence-corrected chi connectivity index (χ1v) is 8.05. The molecule has 0 saturated carbocycles. The highest BCUT2D eigenvalue weighted by Gasteiger charge is 2.30. The summed E-state index contributed by atoms with van der Waals surface area (Å²) >= 11 is 3.52. The van der Waals surface area contributed by atoms with Crippen molar-refractivity contribution in [3.63, 3.8) is 0 Å². The van der Waals surface area contributed by atoms with Crippen molar-refractivity contribution >= 4 is 33.4 Å². The van der Waals surface area contributed by atoms with Gasteiger partial charge in [0.25, 0.3) is 5.91 Å². The fourth-order valence-electron chi connectivity index (χ4n) is 2.84. The first kappa shape index (κ1) is 15.7. The van der Waals surface area contributed by atoms with Gasteiger partial charge in [-0.2, -0.15) is 0 Å². The van der Waals surface area contributed by atoms with Gasteiger partial charge in [-0.15, -0.1) is 0 Å². The second-order valence-electron chi connectivity index (χ2n) is 5.37. The molecule has 23 heavy (non-hydrogen) atoms. The van der Waals surface area contributed by atoms with Crippen molar-refractivity contribution in [3.8, 4) is 0 Å².